The zero-order valence-electron chi connectivity index (χ0n) is 12.0. The summed E-state index contributed by atoms with van der Waals surface area (Å²) in [6, 6.07) is 11.2. The summed E-state index contributed by atoms with van der Waals surface area (Å²) in [5.74, 6) is -0.517. The van der Waals surface area contributed by atoms with Gasteiger partial charge in [-0.2, -0.15) is 0 Å². The van der Waals surface area contributed by atoms with E-state index >= 15 is 0 Å². The van der Waals surface area contributed by atoms with E-state index in [0.717, 1.165) is 4.47 Å². The molecule has 2 aromatic rings. The Kier molecular flexibility index (Phi) is 5.16. The van der Waals surface area contributed by atoms with Gasteiger partial charge < -0.3 is 14.2 Å². The molecule has 0 unspecified atom stereocenters. The zero-order valence-corrected chi connectivity index (χ0v) is 13.5. The van der Waals surface area contributed by atoms with Gasteiger partial charge in [0.15, 0.2) is 11.5 Å². The number of hydrogen-bond donors (Lipinski definition) is 0. The predicted molar refractivity (Wildman–Crippen MR) is 83.4 cm³/mol. The summed E-state index contributed by atoms with van der Waals surface area (Å²) in [5, 5.41) is 0. The van der Waals surface area contributed by atoms with Crippen molar-refractivity contribution in [2.45, 2.75) is 0 Å². The van der Waals surface area contributed by atoms with E-state index in [1.165, 1.54) is 32.4 Å². The number of rotatable bonds is 4. The predicted octanol–water partition coefficient (Wildman–Crippen LogP) is 3.46. The highest BCUT2D eigenvalue weighted by molar-refractivity contribution is 9.10. The van der Waals surface area contributed by atoms with Crippen molar-refractivity contribution >= 4 is 27.9 Å². The fraction of sp³-hybridized carbons (Fsp3) is 0.125. The topological polar surface area (TPSA) is 61.8 Å². The van der Waals surface area contributed by atoms with Gasteiger partial charge in [0, 0.05) is 4.47 Å². The van der Waals surface area contributed by atoms with Gasteiger partial charge in [0.05, 0.1) is 25.3 Å². The summed E-state index contributed by atoms with van der Waals surface area (Å²) >= 11 is 3.30. The van der Waals surface area contributed by atoms with Crippen LogP contribution in [0.2, 0.25) is 0 Å². The molecule has 114 valence electrons. The van der Waals surface area contributed by atoms with Crippen LogP contribution in [-0.4, -0.2) is 26.2 Å². The second-order valence-corrected chi connectivity index (χ2v) is 5.17. The Morgan fingerprint density at radius 1 is 0.864 bits per heavy atom. The van der Waals surface area contributed by atoms with Crippen LogP contribution >= 0.6 is 15.9 Å². The minimum atomic E-state index is -0.517. The Morgan fingerprint density at radius 3 is 2.09 bits per heavy atom. The summed E-state index contributed by atoms with van der Waals surface area (Å²) in [4.78, 5) is 23.6. The molecule has 0 spiro atoms. The van der Waals surface area contributed by atoms with E-state index in [9.17, 15) is 9.59 Å². The lowest BCUT2D eigenvalue weighted by molar-refractivity contribution is 0.0600. The first-order valence-electron chi connectivity index (χ1n) is 6.29. The number of carbonyl (C=O) groups excluding carboxylic acids is 2. The van der Waals surface area contributed by atoms with Gasteiger partial charge in [0.2, 0.25) is 0 Å². The Balaban J connectivity index is 2.23. The van der Waals surface area contributed by atoms with Gasteiger partial charge in [-0.05, 0) is 42.5 Å². The maximum absolute atomic E-state index is 12.1. The Labute approximate surface area is 135 Å². The van der Waals surface area contributed by atoms with Gasteiger partial charge in [0.1, 0.15) is 0 Å². The molecule has 0 heterocycles. The van der Waals surface area contributed by atoms with E-state index in [0.29, 0.717) is 11.1 Å². The van der Waals surface area contributed by atoms with Crippen molar-refractivity contribution in [2.24, 2.45) is 0 Å². The molecule has 0 radical (unpaired) electrons. The average molecular weight is 365 g/mol. The molecule has 0 fully saturated rings. The largest absolute Gasteiger partial charge is 0.493 e. The summed E-state index contributed by atoms with van der Waals surface area (Å²) in [6.07, 6.45) is 0. The number of ether oxygens (including phenoxy) is 3. The summed E-state index contributed by atoms with van der Waals surface area (Å²) in [6.45, 7) is 0. The third-order valence-corrected chi connectivity index (χ3v) is 3.40. The van der Waals surface area contributed by atoms with E-state index in [4.69, 9.17) is 9.47 Å². The minimum absolute atomic E-state index is 0.225. The smallest absolute Gasteiger partial charge is 0.343 e. The monoisotopic (exact) mass is 364 g/mol. The highest BCUT2D eigenvalue weighted by atomic mass is 79.9. The third kappa shape index (κ3) is 3.65. The number of carbonyl (C=O) groups is 2. The van der Waals surface area contributed by atoms with Crippen LogP contribution in [-0.2, 0) is 4.74 Å². The molecular formula is C16H13BrO5. The molecule has 0 aliphatic rings. The lowest BCUT2D eigenvalue weighted by atomic mass is 10.2. The fourth-order valence-electron chi connectivity index (χ4n) is 1.74. The van der Waals surface area contributed by atoms with Gasteiger partial charge in [-0.3, -0.25) is 0 Å². The highest BCUT2D eigenvalue weighted by Crippen LogP contribution is 2.29. The lowest BCUT2D eigenvalue weighted by Gasteiger charge is -2.10. The molecule has 22 heavy (non-hydrogen) atoms. The first-order chi connectivity index (χ1) is 10.5. The molecule has 0 amide bonds. The van der Waals surface area contributed by atoms with Crippen LogP contribution in [0.3, 0.4) is 0 Å². The van der Waals surface area contributed by atoms with Crippen LogP contribution in [0, 0.1) is 0 Å². The minimum Gasteiger partial charge on any atom is -0.493 e. The number of benzene rings is 2. The van der Waals surface area contributed by atoms with Crippen LogP contribution < -0.4 is 9.47 Å². The van der Waals surface area contributed by atoms with Gasteiger partial charge >= 0.3 is 11.9 Å². The molecule has 0 atom stereocenters. The molecule has 0 aliphatic carbocycles. The van der Waals surface area contributed by atoms with Crippen molar-refractivity contribution in [1.82, 2.24) is 0 Å². The number of methoxy groups -OCH3 is 2. The van der Waals surface area contributed by atoms with E-state index in [1.54, 1.807) is 24.3 Å². The summed E-state index contributed by atoms with van der Waals surface area (Å²) < 4.78 is 15.9. The van der Waals surface area contributed by atoms with Gasteiger partial charge in [0.25, 0.3) is 0 Å². The highest BCUT2D eigenvalue weighted by Gasteiger charge is 2.15. The molecule has 0 bridgehead atoms. The number of esters is 2. The Bertz CT molecular complexity index is 694. The second-order valence-electron chi connectivity index (χ2n) is 4.25. The van der Waals surface area contributed by atoms with Crippen molar-refractivity contribution in [3.8, 4) is 11.5 Å². The Morgan fingerprint density at radius 2 is 1.50 bits per heavy atom. The molecular weight excluding hydrogens is 352 g/mol. The van der Waals surface area contributed by atoms with Crippen LogP contribution in [0.25, 0.3) is 0 Å². The fourth-order valence-corrected chi connectivity index (χ4v) is 2.01. The summed E-state index contributed by atoms with van der Waals surface area (Å²) in [7, 11) is 2.71. The molecule has 0 N–H and O–H groups in total. The second kappa shape index (κ2) is 7.09. The molecule has 0 saturated heterocycles. The van der Waals surface area contributed by atoms with Crippen molar-refractivity contribution in [2.75, 3.05) is 14.2 Å². The van der Waals surface area contributed by atoms with Gasteiger partial charge in [-0.1, -0.05) is 15.9 Å². The maximum atomic E-state index is 12.1. The Hall–Kier alpha value is -2.34. The molecule has 0 aromatic heterocycles. The first-order valence-corrected chi connectivity index (χ1v) is 7.08. The van der Waals surface area contributed by atoms with Crippen molar-refractivity contribution in [3.63, 3.8) is 0 Å². The van der Waals surface area contributed by atoms with Crippen LogP contribution in [0.4, 0.5) is 0 Å². The lowest BCUT2D eigenvalue weighted by Crippen LogP contribution is -2.10. The standard InChI is InChI=1S/C16H13BrO5/c1-20-14-9-11(15(18)21-2)5-8-13(14)22-16(19)10-3-6-12(17)7-4-10/h3-9H,1-2H3. The van der Waals surface area contributed by atoms with Gasteiger partial charge in [-0.15, -0.1) is 0 Å². The average Bonchev–Trinajstić information content (AvgIpc) is 2.55. The number of halogens is 1. The first kappa shape index (κ1) is 16.0. The quantitative estimate of drug-likeness (QED) is 0.613. The normalized spacial score (nSPS) is 9.95. The molecule has 5 nitrogen and oxygen atoms in total. The van der Waals surface area contributed by atoms with E-state index < -0.39 is 11.9 Å². The number of hydrogen-bond acceptors (Lipinski definition) is 5. The van der Waals surface area contributed by atoms with Crippen molar-refractivity contribution < 1.29 is 23.8 Å². The van der Waals surface area contributed by atoms with Crippen molar-refractivity contribution in [3.05, 3.63) is 58.1 Å². The molecule has 6 heteroatoms. The zero-order chi connectivity index (χ0) is 16.1. The van der Waals surface area contributed by atoms with Crippen LogP contribution in [0.5, 0.6) is 11.5 Å². The van der Waals surface area contributed by atoms with Crippen molar-refractivity contribution in [1.29, 1.82) is 0 Å². The molecule has 0 aliphatic heterocycles. The van der Waals surface area contributed by atoms with E-state index in [2.05, 4.69) is 20.7 Å². The van der Waals surface area contributed by atoms with Crippen LogP contribution in [0.15, 0.2) is 46.9 Å². The van der Waals surface area contributed by atoms with E-state index in [-0.39, 0.29) is 11.5 Å². The molecule has 2 aromatic carbocycles. The molecule has 2 rings (SSSR count). The SMILES string of the molecule is COC(=O)c1ccc(OC(=O)c2ccc(Br)cc2)c(OC)c1. The third-order valence-electron chi connectivity index (χ3n) is 2.87. The maximum Gasteiger partial charge on any atom is 0.343 e. The van der Waals surface area contributed by atoms with E-state index in [1.807, 2.05) is 0 Å². The molecule has 0 saturated carbocycles. The van der Waals surface area contributed by atoms with Crippen LogP contribution in [0.1, 0.15) is 20.7 Å². The summed E-state index contributed by atoms with van der Waals surface area (Å²) in [5.41, 5.74) is 0.713. The van der Waals surface area contributed by atoms with Gasteiger partial charge in [-0.25, -0.2) is 9.59 Å².